The average Bonchev–Trinajstić information content (AvgIpc) is 2.56. The van der Waals surface area contributed by atoms with E-state index in [1.54, 1.807) is 0 Å². The Labute approximate surface area is 131 Å². The fourth-order valence-corrected chi connectivity index (χ4v) is 3.87. The Bertz CT molecular complexity index is 373. The number of benzene rings is 1. The van der Waals surface area contributed by atoms with Gasteiger partial charge in [0.15, 0.2) is 0 Å². The molecule has 21 heavy (non-hydrogen) atoms. The summed E-state index contributed by atoms with van der Waals surface area (Å²) in [4.78, 5) is 0. The SMILES string of the molecule is CCCNC(CCc1ccccc1)C1CCCC(CC)C1. The molecule has 1 aliphatic carbocycles. The van der Waals surface area contributed by atoms with E-state index in [9.17, 15) is 0 Å². The molecule has 0 amide bonds. The highest BCUT2D eigenvalue weighted by atomic mass is 14.9. The van der Waals surface area contributed by atoms with Crippen LogP contribution in [0.5, 0.6) is 0 Å². The maximum absolute atomic E-state index is 3.85. The second kappa shape index (κ2) is 9.25. The van der Waals surface area contributed by atoms with E-state index in [1.807, 2.05) is 0 Å². The molecule has 1 aromatic rings. The monoisotopic (exact) mass is 287 g/mol. The first-order valence-corrected chi connectivity index (χ1v) is 9.10. The van der Waals surface area contributed by atoms with E-state index in [2.05, 4.69) is 49.5 Å². The van der Waals surface area contributed by atoms with Gasteiger partial charge in [-0.25, -0.2) is 0 Å². The van der Waals surface area contributed by atoms with Gasteiger partial charge in [-0.3, -0.25) is 0 Å². The smallest absolute Gasteiger partial charge is 0.00985 e. The molecular weight excluding hydrogens is 254 g/mol. The van der Waals surface area contributed by atoms with Gasteiger partial charge >= 0.3 is 0 Å². The van der Waals surface area contributed by atoms with Gasteiger partial charge in [0.05, 0.1) is 0 Å². The van der Waals surface area contributed by atoms with Crippen LogP contribution in [0, 0.1) is 11.8 Å². The molecule has 3 atom stereocenters. The summed E-state index contributed by atoms with van der Waals surface area (Å²) in [5, 5.41) is 3.85. The summed E-state index contributed by atoms with van der Waals surface area (Å²) in [6.07, 6.45) is 10.9. The Balaban J connectivity index is 1.90. The summed E-state index contributed by atoms with van der Waals surface area (Å²) < 4.78 is 0. The van der Waals surface area contributed by atoms with Gasteiger partial charge in [-0.1, -0.05) is 63.4 Å². The van der Waals surface area contributed by atoms with Crippen molar-refractivity contribution in [1.82, 2.24) is 5.32 Å². The van der Waals surface area contributed by atoms with Crippen molar-refractivity contribution in [3.8, 4) is 0 Å². The van der Waals surface area contributed by atoms with E-state index in [4.69, 9.17) is 0 Å². The van der Waals surface area contributed by atoms with Gasteiger partial charge in [-0.2, -0.15) is 0 Å². The van der Waals surface area contributed by atoms with Crippen molar-refractivity contribution in [2.45, 2.75) is 71.3 Å². The molecule has 0 bridgehead atoms. The third-order valence-electron chi connectivity index (χ3n) is 5.21. The normalized spacial score (nSPS) is 23.9. The lowest BCUT2D eigenvalue weighted by molar-refractivity contribution is 0.202. The first-order valence-electron chi connectivity index (χ1n) is 9.10. The largest absolute Gasteiger partial charge is 0.314 e. The third kappa shape index (κ3) is 5.47. The standard InChI is InChI=1S/C20H33N/c1-3-15-21-20(14-13-18-9-6-5-7-10-18)19-12-8-11-17(4-2)16-19/h5-7,9-10,17,19-21H,3-4,8,11-16H2,1-2H3. The lowest BCUT2D eigenvalue weighted by atomic mass is 9.75. The highest BCUT2D eigenvalue weighted by molar-refractivity contribution is 5.14. The van der Waals surface area contributed by atoms with Crippen LogP contribution in [0.1, 0.15) is 64.4 Å². The number of hydrogen-bond donors (Lipinski definition) is 1. The van der Waals surface area contributed by atoms with Gasteiger partial charge in [-0.05, 0) is 56.0 Å². The van der Waals surface area contributed by atoms with Gasteiger partial charge in [-0.15, -0.1) is 0 Å². The molecule has 0 spiro atoms. The Morgan fingerprint density at radius 3 is 2.67 bits per heavy atom. The molecule has 1 N–H and O–H groups in total. The molecule has 1 aromatic carbocycles. The molecular formula is C20H33N. The number of rotatable bonds is 8. The minimum atomic E-state index is 0.722. The van der Waals surface area contributed by atoms with Crippen molar-refractivity contribution in [1.29, 1.82) is 0 Å². The van der Waals surface area contributed by atoms with Crippen LogP contribution in [0.4, 0.5) is 0 Å². The van der Waals surface area contributed by atoms with Crippen LogP contribution in [0.3, 0.4) is 0 Å². The summed E-state index contributed by atoms with van der Waals surface area (Å²) in [5.74, 6) is 1.88. The summed E-state index contributed by atoms with van der Waals surface area (Å²) in [7, 11) is 0. The van der Waals surface area contributed by atoms with Crippen molar-refractivity contribution in [2.75, 3.05) is 6.54 Å². The minimum Gasteiger partial charge on any atom is -0.314 e. The van der Waals surface area contributed by atoms with Gasteiger partial charge in [0.2, 0.25) is 0 Å². The van der Waals surface area contributed by atoms with Crippen molar-refractivity contribution in [3.63, 3.8) is 0 Å². The van der Waals surface area contributed by atoms with E-state index in [-0.39, 0.29) is 0 Å². The van der Waals surface area contributed by atoms with Crippen LogP contribution in [0.25, 0.3) is 0 Å². The van der Waals surface area contributed by atoms with E-state index in [1.165, 1.54) is 63.5 Å². The first-order chi connectivity index (χ1) is 10.3. The third-order valence-corrected chi connectivity index (χ3v) is 5.21. The Kier molecular flexibility index (Phi) is 7.29. The fraction of sp³-hybridized carbons (Fsp3) is 0.700. The number of aryl methyl sites for hydroxylation is 1. The number of nitrogens with one attached hydrogen (secondary N) is 1. The van der Waals surface area contributed by atoms with Crippen LogP contribution in [-0.2, 0) is 6.42 Å². The van der Waals surface area contributed by atoms with Crippen LogP contribution in [0.15, 0.2) is 30.3 Å². The number of hydrogen-bond acceptors (Lipinski definition) is 1. The van der Waals surface area contributed by atoms with Crippen LogP contribution in [-0.4, -0.2) is 12.6 Å². The lowest BCUT2D eigenvalue weighted by Crippen LogP contribution is -2.39. The molecule has 118 valence electrons. The molecule has 2 rings (SSSR count). The van der Waals surface area contributed by atoms with E-state index in [0.717, 1.165) is 17.9 Å². The zero-order valence-corrected chi connectivity index (χ0v) is 14.0. The Morgan fingerprint density at radius 2 is 1.95 bits per heavy atom. The first kappa shape index (κ1) is 16.5. The van der Waals surface area contributed by atoms with Crippen LogP contribution >= 0.6 is 0 Å². The van der Waals surface area contributed by atoms with E-state index >= 15 is 0 Å². The molecule has 1 fully saturated rings. The van der Waals surface area contributed by atoms with E-state index < -0.39 is 0 Å². The van der Waals surface area contributed by atoms with Gasteiger partial charge < -0.3 is 5.32 Å². The minimum absolute atomic E-state index is 0.722. The van der Waals surface area contributed by atoms with Gasteiger partial charge in [0.1, 0.15) is 0 Å². The van der Waals surface area contributed by atoms with Crippen molar-refractivity contribution in [3.05, 3.63) is 35.9 Å². The molecule has 0 heterocycles. The molecule has 1 saturated carbocycles. The molecule has 1 aliphatic rings. The second-order valence-corrected chi connectivity index (χ2v) is 6.79. The predicted octanol–water partition coefficient (Wildman–Crippen LogP) is 5.20. The zero-order chi connectivity index (χ0) is 14.9. The second-order valence-electron chi connectivity index (χ2n) is 6.79. The molecule has 0 aromatic heterocycles. The van der Waals surface area contributed by atoms with Crippen molar-refractivity contribution < 1.29 is 0 Å². The van der Waals surface area contributed by atoms with Gasteiger partial charge in [0, 0.05) is 6.04 Å². The highest BCUT2D eigenvalue weighted by Crippen LogP contribution is 2.34. The summed E-state index contributed by atoms with van der Waals surface area (Å²) in [5.41, 5.74) is 1.49. The molecule has 0 saturated heterocycles. The summed E-state index contributed by atoms with van der Waals surface area (Å²) in [6, 6.07) is 11.7. The van der Waals surface area contributed by atoms with Crippen molar-refractivity contribution >= 4 is 0 Å². The van der Waals surface area contributed by atoms with Gasteiger partial charge in [0.25, 0.3) is 0 Å². The lowest BCUT2D eigenvalue weighted by Gasteiger charge is -2.35. The topological polar surface area (TPSA) is 12.0 Å². The zero-order valence-electron chi connectivity index (χ0n) is 14.0. The van der Waals surface area contributed by atoms with Crippen molar-refractivity contribution in [2.24, 2.45) is 11.8 Å². The average molecular weight is 287 g/mol. The molecule has 3 unspecified atom stereocenters. The summed E-state index contributed by atoms with van der Waals surface area (Å²) >= 11 is 0. The predicted molar refractivity (Wildman–Crippen MR) is 92.6 cm³/mol. The van der Waals surface area contributed by atoms with Crippen LogP contribution < -0.4 is 5.32 Å². The molecule has 1 heteroatoms. The Hall–Kier alpha value is -0.820. The molecule has 0 aliphatic heterocycles. The maximum atomic E-state index is 3.85. The molecule has 0 radical (unpaired) electrons. The molecule has 1 nitrogen and oxygen atoms in total. The Morgan fingerprint density at radius 1 is 1.14 bits per heavy atom. The fourth-order valence-electron chi connectivity index (χ4n) is 3.87. The quantitative estimate of drug-likeness (QED) is 0.692. The van der Waals surface area contributed by atoms with E-state index in [0.29, 0.717) is 0 Å². The van der Waals surface area contributed by atoms with Crippen LogP contribution in [0.2, 0.25) is 0 Å². The summed E-state index contributed by atoms with van der Waals surface area (Å²) in [6.45, 7) is 5.81. The maximum Gasteiger partial charge on any atom is 0.00985 e. The highest BCUT2D eigenvalue weighted by Gasteiger charge is 2.27.